The predicted octanol–water partition coefficient (Wildman–Crippen LogP) is 3.11. The highest BCUT2D eigenvalue weighted by Crippen LogP contribution is 2.21. The molecular weight excluding hydrogens is 250 g/mol. The van der Waals surface area contributed by atoms with Gasteiger partial charge < -0.3 is 5.32 Å². The third-order valence-corrected chi connectivity index (χ3v) is 3.94. The van der Waals surface area contributed by atoms with E-state index in [1.807, 2.05) is 12.1 Å². The number of hydrogen-bond donors (Lipinski definition) is 1. The van der Waals surface area contributed by atoms with Crippen LogP contribution in [0.4, 0.5) is 5.95 Å². The van der Waals surface area contributed by atoms with E-state index in [1.165, 1.54) is 44.1 Å². The van der Waals surface area contributed by atoms with Gasteiger partial charge in [0.25, 0.3) is 0 Å². The Morgan fingerprint density at radius 2 is 1.75 bits per heavy atom. The van der Waals surface area contributed by atoms with Crippen molar-refractivity contribution in [2.45, 2.75) is 51.5 Å². The van der Waals surface area contributed by atoms with Crippen LogP contribution in [-0.2, 0) is 0 Å². The van der Waals surface area contributed by atoms with Gasteiger partial charge in [-0.25, -0.2) is 0 Å². The van der Waals surface area contributed by atoms with E-state index in [9.17, 15) is 0 Å². The molecule has 5 heteroatoms. The molecule has 106 valence electrons. The van der Waals surface area contributed by atoms with Crippen molar-refractivity contribution in [2.24, 2.45) is 0 Å². The number of nitrogens with zero attached hydrogens (tertiary/aromatic N) is 4. The standard InChI is InChI=1S/C15H21N5/c1-12-8-10-14(11-9-12)20-15(17-18-19-20)16-13-6-4-2-3-5-7-13/h8-11,13H,2-7H2,1H3,(H,16,17,19). The fourth-order valence-corrected chi connectivity index (χ4v) is 2.74. The largest absolute Gasteiger partial charge is 0.350 e. The van der Waals surface area contributed by atoms with Crippen molar-refractivity contribution in [3.8, 4) is 5.69 Å². The number of aromatic nitrogens is 4. The first-order chi connectivity index (χ1) is 9.83. The Labute approximate surface area is 119 Å². The first-order valence-electron chi connectivity index (χ1n) is 7.45. The van der Waals surface area contributed by atoms with Gasteiger partial charge in [0.2, 0.25) is 5.95 Å². The van der Waals surface area contributed by atoms with Crippen LogP contribution in [0.15, 0.2) is 24.3 Å². The summed E-state index contributed by atoms with van der Waals surface area (Å²) in [7, 11) is 0. The van der Waals surface area contributed by atoms with Gasteiger partial charge >= 0.3 is 0 Å². The molecule has 1 aromatic carbocycles. The van der Waals surface area contributed by atoms with E-state index in [0.29, 0.717) is 6.04 Å². The van der Waals surface area contributed by atoms with Gasteiger partial charge in [-0.15, -0.1) is 0 Å². The second kappa shape index (κ2) is 6.03. The molecule has 1 fully saturated rings. The Balaban J connectivity index is 1.77. The lowest BCUT2D eigenvalue weighted by molar-refractivity contribution is 0.611. The molecule has 20 heavy (non-hydrogen) atoms. The summed E-state index contributed by atoms with van der Waals surface area (Å²) < 4.78 is 1.78. The van der Waals surface area contributed by atoms with Crippen molar-refractivity contribution < 1.29 is 0 Å². The molecule has 5 nitrogen and oxygen atoms in total. The number of benzene rings is 1. The molecule has 0 atom stereocenters. The number of hydrogen-bond acceptors (Lipinski definition) is 4. The zero-order valence-corrected chi connectivity index (χ0v) is 11.9. The molecular formula is C15H21N5. The van der Waals surface area contributed by atoms with E-state index in [4.69, 9.17) is 0 Å². The van der Waals surface area contributed by atoms with E-state index in [-0.39, 0.29) is 0 Å². The Hall–Kier alpha value is -1.91. The summed E-state index contributed by atoms with van der Waals surface area (Å²) in [4.78, 5) is 0. The number of rotatable bonds is 3. The Morgan fingerprint density at radius 1 is 1.05 bits per heavy atom. The molecule has 0 aliphatic heterocycles. The van der Waals surface area contributed by atoms with Crippen LogP contribution in [0.2, 0.25) is 0 Å². The van der Waals surface area contributed by atoms with E-state index in [0.717, 1.165) is 11.6 Å². The summed E-state index contributed by atoms with van der Waals surface area (Å²) in [6.07, 6.45) is 7.71. The molecule has 1 saturated carbocycles. The number of anilines is 1. The minimum Gasteiger partial charge on any atom is -0.350 e. The van der Waals surface area contributed by atoms with Gasteiger partial charge in [-0.3, -0.25) is 0 Å². The lowest BCUT2D eigenvalue weighted by Gasteiger charge is -2.16. The lowest BCUT2D eigenvalue weighted by Crippen LogP contribution is -2.21. The molecule has 1 heterocycles. The van der Waals surface area contributed by atoms with Crippen LogP contribution in [0.3, 0.4) is 0 Å². The lowest BCUT2D eigenvalue weighted by atomic mass is 10.1. The minimum atomic E-state index is 0.493. The van der Waals surface area contributed by atoms with Crippen LogP contribution >= 0.6 is 0 Å². The molecule has 1 aliphatic carbocycles. The summed E-state index contributed by atoms with van der Waals surface area (Å²) >= 11 is 0. The molecule has 2 aromatic rings. The molecule has 1 aliphatic rings. The summed E-state index contributed by atoms with van der Waals surface area (Å²) in [5, 5.41) is 15.5. The normalized spacial score (nSPS) is 16.9. The van der Waals surface area contributed by atoms with Gasteiger partial charge in [-0.2, -0.15) is 4.68 Å². The highest BCUT2D eigenvalue weighted by Gasteiger charge is 2.16. The van der Waals surface area contributed by atoms with Crippen LogP contribution in [0.25, 0.3) is 5.69 Å². The fraction of sp³-hybridized carbons (Fsp3) is 0.533. The Kier molecular flexibility index (Phi) is 3.95. The summed E-state index contributed by atoms with van der Waals surface area (Å²) in [6, 6.07) is 8.74. The van der Waals surface area contributed by atoms with Crippen LogP contribution < -0.4 is 5.32 Å². The highest BCUT2D eigenvalue weighted by molar-refractivity contribution is 5.40. The first kappa shape index (κ1) is 13.1. The third-order valence-electron chi connectivity index (χ3n) is 3.94. The average Bonchev–Trinajstić information content (AvgIpc) is 2.75. The summed E-state index contributed by atoms with van der Waals surface area (Å²) in [5.41, 5.74) is 2.23. The third kappa shape index (κ3) is 2.98. The molecule has 0 spiro atoms. The van der Waals surface area contributed by atoms with Crippen molar-refractivity contribution in [3.63, 3.8) is 0 Å². The summed E-state index contributed by atoms with van der Waals surface area (Å²) in [6.45, 7) is 2.08. The van der Waals surface area contributed by atoms with E-state index >= 15 is 0 Å². The zero-order valence-electron chi connectivity index (χ0n) is 11.9. The van der Waals surface area contributed by atoms with Crippen LogP contribution in [0.1, 0.15) is 44.1 Å². The molecule has 0 amide bonds. The van der Waals surface area contributed by atoms with Crippen molar-refractivity contribution in [2.75, 3.05) is 5.32 Å². The monoisotopic (exact) mass is 271 g/mol. The SMILES string of the molecule is Cc1ccc(-n2nnnc2NC2CCCCCC2)cc1. The maximum atomic E-state index is 4.13. The van der Waals surface area contributed by atoms with Crippen molar-refractivity contribution in [1.82, 2.24) is 20.2 Å². The maximum absolute atomic E-state index is 4.13. The maximum Gasteiger partial charge on any atom is 0.247 e. The molecule has 0 bridgehead atoms. The van der Waals surface area contributed by atoms with Gasteiger partial charge in [0.15, 0.2) is 0 Å². The molecule has 1 N–H and O–H groups in total. The minimum absolute atomic E-state index is 0.493. The van der Waals surface area contributed by atoms with Gasteiger partial charge in [0, 0.05) is 6.04 Å². The zero-order chi connectivity index (χ0) is 13.8. The molecule has 3 rings (SSSR count). The first-order valence-corrected chi connectivity index (χ1v) is 7.45. The number of tetrazole rings is 1. The van der Waals surface area contributed by atoms with E-state index in [1.54, 1.807) is 4.68 Å². The molecule has 0 unspecified atom stereocenters. The van der Waals surface area contributed by atoms with Crippen LogP contribution in [0, 0.1) is 6.92 Å². The van der Waals surface area contributed by atoms with Crippen LogP contribution in [0.5, 0.6) is 0 Å². The van der Waals surface area contributed by atoms with Gasteiger partial charge in [-0.1, -0.05) is 48.5 Å². The molecule has 1 aromatic heterocycles. The van der Waals surface area contributed by atoms with Crippen molar-refractivity contribution in [1.29, 1.82) is 0 Å². The molecule has 0 saturated heterocycles. The Bertz CT molecular complexity index is 538. The summed E-state index contributed by atoms with van der Waals surface area (Å²) in [5.74, 6) is 0.751. The highest BCUT2D eigenvalue weighted by atomic mass is 15.6. The van der Waals surface area contributed by atoms with Crippen LogP contribution in [-0.4, -0.2) is 26.2 Å². The Morgan fingerprint density at radius 3 is 2.45 bits per heavy atom. The van der Waals surface area contributed by atoms with Gasteiger partial charge in [0.05, 0.1) is 5.69 Å². The van der Waals surface area contributed by atoms with E-state index < -0.39 is 0 Å². The van der Waals surface area contributed by atoms with Crippen molar-refractivity contribution in [3.05, 3.63) is 29.8 Å². The predicted molar refractivity (Wildman–Crippen MR) is 79.0 cm³/mol. The van der Waals surface area contributed by atoms with Crippen molar-refractivity contribution >= 4 is 5.95 Å². The number of nitrogens with one attached hydrogen (secondary N) is 1. The second-order valence-electron chi connectivity index (χ2n) is 5.58. The molecule has 0 radical (unpaired) electrons. The smallest absolute Gasteiger partial charge is 0.247 e. The fourth-order valence-electron chi connectivity index (χ4n) is 2.74. The quantitative estimate of drug-likeness (QED) is 0.871. The van der Waals surface area contributed by atoms with Gasteiger partial charge in [0.1, 0.15) is 0 Å². The average molecular weight is 271 g/mol. The van der Waals surface area contributed by atoms with E-state index in [2.05, 4.69) is 39.9 Å². The topological polar surface area (TPSA) is 55.6 Å². The van der Waals surface area contributed by atoms with Gasteiger partial charge in [-0.05, 0) is 42.3 Å². The second-order valence-corrected chi connectivity index (χ2v) is 5.58. The number of aryl methyl sites for hydroxylation is 1.